The van der Waals surface area contributed by atoms with E-state index in [2.05, 4.69) is 10.3 Å². The van der Waals surface area contributed by atoms with Crippen LogP contribution in [0.25, 0.3) is 0 Å². The van der Waals surface area contributed by atoms with Gasteiger partial charge in [-0.3, -0.25) is 9.48 Å². The minimum absolute atomic E-state index is 0.0106. The molecule has 0 spiro atoms. The van der Waals surface area contributed by atoms with Crippen LogP contribution in [0.2, 0.25) is 0 Å². The van der Waals surface area contributed by atoms with Gasteiger partial charge in [-0.2, -0.15) is 0 Å². The van der Waals surface area contributed by atoms with Gasteiger partial charge in [0.2, 0.25) is 5.91 Å². The monoisotopic (exact) mass is 260 g/mol. The molecule has 6 nitrogen and oxygen atoms in total. The van der Waals surface area contributed by atoms with Crippen LogP contribution in [0.15, 0.2) is 36.7 Å². The van der Waals surface area contributed by atoms with Crippen LogP contribution in [-0.4, -0.2) is 32.6 Å². The second-order valence-electron chi connectivity index (χ2n) is 4.07. The summed E-state index contributed by atoms with van der Waals surface area (Å²) >= 11 is 0. The number of amides is 1. The molecule has 1 aromatic carbocycles. The number of aromatic hydroxyl groups is 1. The van der Waals surface area contributed by atoms with Crippen molar-refractivity contribution in [3.63, 3.8) is 0 Å². The summed E-state index contributed by atoms with van der Waals surface area (Å²) < 4.78 is 1.62. The summed E-state index contributed by atoms with van der Waals surface area (Å²) in [5.74, 6) is 0.142. The number of carbonyl (C=O) groups is 1. The standard InChI is InChI=1S/C13H16N4O2/c1-2-17(11-4-3-5-12(18)10-11)13(19)6-8-16-9-7-14-15-16/h3-5,7,9-10,18H,2,6,8H2,1H3. The molecule has 2 aromatic rings. The van der Waals surface area contributed by atoms with Gasteiger partial charge in [0.25, 0.3) is 0 Å². The fourth-order valence-electron chi connectivity index (χ4n) is 1.86. The van der Waals surface area contributed by atoms with E-state index in [1.165, 1.54) is 0 Å². The largest absolute Gasteiger partial charge is 0.508 e. The second-order valence-corrected chi connectivity index (χ2v) is 4.07. The normalized spacial score (nSPS) is 10.4. The highest BCUT2D eigenvalue weighted by atomic mass is 16.3. The predicted octanol–water partition coefficient (Wildman–Crippen LogP) is 1.43. The Bertz CT molecular complexity index is 539. The summed E-state index contributed by atoms with van der Waals surface area (Å²) in [5.41, 5.74) is 0.700. The van der Waals surface area contributed by atoms with Gasteiger partial charge in [-0.05, 0) is 19.1 Å². The topological polar surface area (TPSA) is 71.2 Å². The van der Waals surface area contributed by atoms with Crippen molar-refractivity contribution in [2.45, 2.75) is 19.9 Å². The predicted molar refractivity (Wildman–Crippen MR) is 70.8 cm³/mol. The van der Waals surface area contributed by atoms with E-state index in [4.69, 9.17) is 0 Å². The number of aryl methyl sites for hydroxylation is 1. The highest BCUT2D eigenvalue weighted by molar-refractivity contribution is 5.93. The van der Waals surface area contributed by atoms with Crippen molar-refractivity contribution in [1.82, 2.24) is 15.0 Å². The zero-order valence-electron chi connectivity index (χ0n) is 10.7. The zero-order chi connectivity index (χ0) is 13.7. The summed E-state index contributed by atoms with van der Waals surface area (Å²) in [4.78, 5) is 13.8. The molecule has 0 radical (unpaired) electrons. The Morgan fingerprint density at radius 2 is 2.32 bits per heavy atom. The lowest BCUT2D eigenvalue weighted by Gasteiger charge is -2.21. The first-order valence-corrected chi connectivity index (χ1v) is 6.14. The summed E-state index contributed by atoms with van der Waals surface area (Å²) in [6, 6.07) is 6.68. The number of anilines is 1. The molecular weight excluding hydrogens is 244 g/mol. The number of rotatable bonds is 5. The lowest BCUT2D eigenvalue weighted by molar-refractivity contribution is -0.118. The number of hydrogen-bond donors (Lipinski definition) is 1. The van der Waals surface area contributed by atoms with Crippen LogP contribution in [0, 0.1) is 0 Å². The van der Waals surface area contributed by atoms with E-state index in [1.54, 1.807) is 46.2 Å². The summed E-state index contributed by atoms with van der Waals surface area (Å²) in [6.45, 7) is 2.95. The quantitative estimate of drug-likeness (QED) is 0.882. The van der Waals surface area contributed by atoms with E-state index in [-0.39, 0.29) is 11.7 Å². The van der Waals surface area contributed by atoms with Crippen molar-refractivity contribution in [2.24, 2.45) is 0 Å². The fraction of sp³-hybridized carbons (Fsp3) is 0.308. The smallest absolute Gasteiger partial charge is 0.228 e. The molecule has 0 saturated heterocycles. The fourth-order valence-corrected chi connectivity index (χ4v) is 1.86. The molecule has 0 aliphatic heterocycles. The van der Waals surface area contributed by atoms with E-state index in [0.29, 0.717) is 25.2 Å². The van der Waals surface area contributed by atoms with Gasteiger partial charge in [-0.15, -0.1) is 5.10 Å². The maximum atomic E-state index is 12.2. The Balaban J connectivity index is 2.02. The van der Waals surface area contributed by atoms with Crippen molar-refractivity contribution < 1.29 is 9.90 Å². The first-order valence-electron chi connectivity index (χ1n) is 6.14. The number of aromatic nitrogens is 3. The van der Waals surface area contributed by atoms with Gasteiger partial charge >= 0.3 is 0 Å². The molecule has 0 fully saturated rings. The number of phenols is 1. The maximum Gasteiger partial charge on any atom is 0.228 e. The van der Waals surface area contributed by atoms with Gasteiger partial charge in [-0.25, -0.2) is 0 Å². The minimum Gasteiger partial charge on any atom is -0.508 e. The third-order valence-corrected chi connectivity index (χ3v) is 2.79. The third kappa shape index (κ3) is 3.31. The van der Waals surface area contributed by atoms with Crippen LogP contribution in [0.1, 0.15) is 13.3 Å². The molecule has 0 atom stereocenters. The molecule has 19 heavy (non-hydrogen) atoms. The van der Waals surface area contributed by atoms with E-state index >= 15 is 0 Å². The molecule has 100 valence electrons. The van der Waals surface area contributed by atoms with Gasteiger partial charge in [0.05, 0.1) is 12.7 Å². The maximum absolute atomic E-state index is 12.2. The van der Waals surface area contributed by atoms with Crippen molar-refractivity contribution in [2.75, 3.05) is 11.4 Å². The Labute approximate surface area is 111 Å². The Morgan fingerprint density at radius 3 is 2.95 bits per heavy atom. The average Bonchev–Trinajstić information content (AvgIpc) is 2.90. The van der Waals surface area contributed by atoms with E-state index < -0.39 is 0 Å². The second kappa shape index (κ2) is 5.99. The first-order chi connectivity index (χ1) is 9.20. The first kappa shape index (κ1) is 13.1. The molecule has 0 saturated carbocycles. The molecule has 1 amide bonds. The molecule has 0 bridgehead atoms. The van der Waals surface area contributed by atoms with Gasteiger partial charge in [-0.1, -0.05) is 11.3 Å². The van der Waals surface area contributed by atoms with Gasteiger partial charge in [0.15, 0.2) is 0 Å². The number of hydrogen-bond acceptors (Lipinski definition) is 4. The Morgan fingerprint density at radius 1 is 1.47 bits per heavy atom. The van der Waals surface area contributed by atoms with Crippen LogP contribution in [0.4, 0.5) is 5.69 Å². The van der Waals surface area contributed by atoms with Crippen molar-refractivity contribution in [3.05, 3.63) is 36.7 Å². The lowest BCUT2D eigenvalue weighted by atomic mass is 10.2. The Kier molecular flexibility index (Phi) is 4.12. The van der Waals surface area contributed by atoms with Crippen molar-refractivity contribution >= 4 is 11.6 Å². The van der Waals surface area contributed by atoms with Gasteiger partial charge in [0, 0.05) is 30.9 Å². The summed E-state index contributed by atoms with van der Waals surface area (Å²) in [5, 5.41) is 17.0. The van der Waals surface area contributed by atoms with Crippen LogP contribution in [0.3, 0.4) is 0 Å². The lowest BCUT2D eigenvalue weighted by Crippen LogP contribution is -2.31. The molecule has 6 heteroatoms. The van der Waals surface area contributed by atoms with Gasteiger partial charge < -0.3 is 10.0 Å². The summed E-state index contributed by atoms with van der Waals surface area (Å²) in [6.07, 6.45) is 3.64. The van der Waals surface area contributed by atoms with E-state index in [9.17, 15) is 9.90 Å². The van der Waals surface area contributed by atoms with Crippen LogP contribution >= 0.6 is 0 Å². The number of phenolic OH excluding ortho intramolecular Hbond substituents is 1. The zero-order valence-corrected chi connectivity index (χ0v) is 10.7. The molecular formula is C13H16N4O2. The van der Waals surface area contributed by atoms with Crippen LogP contribution < -0.4 is 4.90 Å². The molecule has 2 rings (SSSR count). The minimum atomic E-state index is -0.0106. The highest BCUT2D eigenvalue weighted by Crippen LogP contribution is 2.20. The van der Waals surface area contributed by atoms with Crippen molar-refractivity contribution in [3.8, 4) is 5.75 Å². The average molecular weight is 260 g/mol. The molecule has 0 unspecified atom stereocenters. The number of carbonyl (C=O) groups excluding carboxylic acids is 1. The molecule has 1 N–H and O–H groups in total. The van der Waals surface area contributed by atoms with Gasteiger partial charge in [0.1, 0.15) is 5.75 Å². The molecule has 1 aromatic heterocycles. The molecule has 0 aliphatic carbocycles. The SMILES string of the molecule is CCN(C(=O)CCn1ccnn1)c1cccc(O)c1. The highest BCUT2D eigenvalue weighted by Gasteiger charge is 2.14. The number of nitrogens with zero attached hydrogens (tertiary/aromatic N) is 4. The third-order valence-electron chi connectivity index (χ3n) is 2.79. The van der Waals surface area contributed by atoms with Crippen LogP contribution in [-0.2, 0) is 11.3 Å². The van der Waals surface area contributed by atoms with E-state index in [0.717, 1.165) is 0 Å². The number of benzene rings is 1. The van der Waals surface area contributed by atoms with E-state index in [1.807, 2.05) is 6.92 Å². The Hall–Kier alpha value is -2.37. The molecule has 0 aliphatic rings. The molecule has 1 heterocycles. The van der Waals surface area contributed by atoms with Crippen LogP contribution in [0.5, 0.6) is 5.75 Å². The summed E-state index contributed by atoms with van der Waals surface area (Å²) in [7, 11) is 0. The van der Waals surface area contributed by atoms with Crippen molar-refractivity contribution in [1.29, 1.82) is 0 Å².